The molecule has 1 amide bonds. The number of carbonyl (C=O) groups excluding carboxylic acids is 1. The molecule has 0 bridgehead atoms. The van der Waals surface area contributed by atoms with Gasteiger partial charge in [-0.15, -0.1) is 0 Å². The molecule has 0 aromatic heterocycles. The number of amides is 1. The van der Waals surface area contributed by atoms with Gasteiger partial charge < -0.3 is 15.2 Å². The van der Waals surface area contributed by atoms with Crippen molar-refractivity contribution in [2.75, 3.05) is 13.2 Å². The molecule has 1 saturated carbocycles. The van der Waals surface area contributed by atoms with Crippen molar-refractivity contribution in [2.45, 2.75) is 39.2 Å². The summed E-state index contributed by atoms with van der Waals surface area (Å²) in [5, 5.41) is 12.0. The Bertz CT molecular complexity index is 469. The maximum atomic E-state index is 11.9. The van der Waals surface area contributed by atoms with Crippen LogP contribution >= 0.6 is 0 Å². The van der Waals surface area contributed by atoms with E-state index in [2.05, 4.69) is 5.32 Å². The van der Waals surface area contributed by atoms with Crippen LogP contribution in [0.1, 0.15) is 30.4 Å². The molecule has 1 aromatic carbocycles. The van der Waals surface area contributed by atoms with Gasteiger partial charge in [-0.2, -0.15) is 0 Å². The van der Waals surface area contributed by atoms with Gasteiger partial charge >= 0.3 is 0 Å². The maximum Gasteiger partial charge on any atom is 0.258 e. The minimum absolute atomic E-state index is 0.0249. The zero-order chi connectivity index (χ0) is 14.5. The summed E-state index contributed by atoms with van der Waals surface area (Å²) >= 11 is 0. The second-order valence-electron chi connectivity index (χ2n) is 5.56. The third kappa shape index (κ3) is 4.23. The van der Waals surface area contributed by atoms with Crippen LogP contribution in [0.2, 0.25) is 0 Å². The number of aliphatic hydroxyl groups is 1. The summed E-state index contributed by atoms with van der Waals surface area (Å²) in [5.74, 6) is 1.13. The van der Waals surface area contributed by atoms with E-state index < -0.39 is 0 Å². The monoisotopic (exact) mass is 277 g/mol. The summed E-state index contributed by atoms with van der Waals surface area (Å²) in [6.07, 6.45) is 2.91. The van der Waals surface area contributed by atoms with Crippen LogP contribution in [-0.4, -0.2) is 30.3 Å². The molecule has 20 heavy (non-hydrogen) atoms. The van der Waals surface area contributed by atoms with Gasteiger partial charge in [0.1, 0.15) is 5.75 Å². The molecule has 1 aliphatic rings. The summed E-state index contributed by atoms with van der Waals surface area (Å²) in [6, 6.07) is 5.90. The molecule has 0 radical (unpaired) electrons. The predicted octanol–water partition coefficient (Wildman–Crippen LogP) is 1.96. The molecule has 0 spiro atoms. The van der Waals surface area contributed by atoms with Crippen LogP contribution in [0.5, 0.6) is 5.75 Å². The summed E-state index contributed by atoms with van der Waals surface area (Å²) in [6.45, 7) is 4.20. The van der Waals surface area contributed by atoms with Gasteiger partial charge in [-0.1, -0.05) is 6.07 Å². The molecule has 0 heterocycles. The Morgan fingerprint density at radius 3 is 2.75 bits per heavy atom. The van der Waals surface area contributed by atoms with Gasteiger partial charge in [0.25, 0.3) is 5.91 Å². The van der Waals surface area contributed by atoms with Crippen LogP contribution in [-0.2, 0) is 4.79 Å². The highest BCUT2D eigenvalue weighted by Crippen LogP contribution is 2.33. The number of hydrogen-bond acceptors (Lipinski definition) is 3. The van der Waals surface area contributed by atoms with Crippen molar-refractivity contribution < 1.29 is 14.6 Å². The Kier molecular flexibility index (Phi) is 5.01. The zero-order valence-electron chi connectivity index (χ0n) is 12.2. The number of ether oxygens (including phenoxy) is 1. The first-order valence-corrected chi connectivity index (χ1v) is 7.20. The lowest BCUT2D eigenvalue weighted by molar-refractivity contribution is -0.124. The van der Waals surface area contributed by atoms with E-state index in [4.69, 9.17) is 9.84 Å². The number of aryl methyl sites for hydroxylation is 2. The highest BCUT2D eigenvalue weighted by Gasteiger charge is 2.31. The predicted molar refractivity (Wildman–Crippen MR) is 77.8 cm³/mol. The van der Waals surface area contributed by atoms with E-state index >= 15 is 0 Å². The summed E-state index contributed by atoms with van der Waals surface area (Å²) in [4.78, 5) is 11.9. The van der Waals surface area contributed by atoms with E-state index in [1.54, 1.807) is 0 Å². The maximum absolute atomic E-state index is 11.9. The molecule has 1 aromatic rings. The van der Waals surface area contributed by atoms with Crippen LogP contribution in [0.15, 0.2) is 18.2 Å². The molecule has 1 fully saturated rings. The van der Waals surface area contributed by atoms with E-state index in [9.17, 15) is 4.79 Å². The standard InChI is InChI=1S/C16H23NO3/c1-11-3-6-14(9-12(11)2)20-10-16(19)17-15(7-8-18)13-4-5-13/h3,6,9,13,15,18H,4-5,7-8,10H2,1-2H3,(H,17,19). The molecule has 1 unspecified atom stereocenters. The lowest BCUT2D eigenvalue weighted by Gasteiger charge is -2.17. The normalized spacial score (nSPS) is 15.8. The van der Waals surface area contributed by atoms with Gasteiger partial charge in [-0.05, 0) is 62.3 Å². The highest BCUT2D eigenvalue weighted by atomic mass is 16.5. The van der Waals surface area contributed by atoms with Crippen LogP contribution in [0, 0.1) is 19.8 Å². The minimum Gasteiger partial charge on any atom is -0.484 e. The number of nitrogens with one attached hydrogen (secondary N) is 1. The average Bonchev–Trinajstić information content (AvgIpc) is 3.24. The van der Waals surface area contributed by atoms with E-state index in [1.165, 1.54) is 5.56 Å². The highest BCUT2D eigenvalue weighted by molar-refractivity contribution is 5.77. The topological polar surface area (TPSA) is 58.6 Å². The molecule has 4 heteroatoms. The van der Waals surface area contributed by atoms with Gasteiger partial charge in [0.2, 0.25) is 0 Å². The van der Waals surface area contributed by atoms with E-state index in [0.29, 0.717) is 18.1 Å². The third-order valence-corrected chi connectivity index (χ3v) is 3.83. The number of aliphatic hydroxyl groups excluding tert-OH is 1. The van der Waals surface area contributed by atoms with Crippen molar-refractivity contribution in [3.8, 4) is 5.75 Å². The van der Waals surface area contributed by atoms with Gasteiger partial charge in [0, 0.05) is 12.6 Å². The Morgan fingerprint density at radius 1 is 1.40 bits per heavy atom. The summed E-state index contributed by atoms with van der Waals surface area (Å²) in [5.41, 5.74) is 2.36. The number of carbonyl (C=O) groups is 1. The van der Waals surface area contributed by atoms with Gasteiger partial charge in [-0.3, -0.25) is 4.79 Å². The van der Waals surface area contributed by atoms with E-state index in [1.807, 2.05) is 32.0 Å². The molecule has 2 rings (SSSR count). The van der Waals surface area contributed by atoms with Crippen molar-refractivity contribution in [1.82, 2.24) is 5.32 Å². The first-order chi connectivity index (χ1) is 9.60. The van der Waals surface area contributed by atoms with Crippen molar-refractivity contribution >= 4 is 5.91 Å². The molecule has 2 N–H and O–H groups in total. The number of rotatable bonds is 7. The van der Waals surface area contributed by atoms with Crippen LogP contribution < -0.4 is 10.1 Å². The van der Waals surface area contributed by atoms with Gasteiger partial charge in [-0.25, -0.2) is 0 Å². The summed E-state index contributed by atoms with van der Waals surface area (Å²) in [7, 11) is 0. The van der Waals surface area contributed by atoms with Crippen LogP contribution in [0.3, 0.4) is 0 Å². The first kappa shape index (κ1) is 14.9. The smallest absolute Gasteiger partial charge is 0.258 e. The second-order valence-corrected chi connectivity index (χ2v) is 5.56. The lowest BCUT2D eigenvalue weighted by atomic mass is 10.1. The quantitative estimate of drug-likeness (QED) is 0.801. The van der Waals surface area contributed by atoms with E-state index in [0.717, 1.165) is 18.4 Å². The molecule has 0 saturated heterocycles. The second kappa shape index (κ2) is 6.75. The molecule has 1 atom stereocenters. The van der Waals surface area contributed by atoms with Crippen LogP contribution in [0.25, 0.3) is 0 Å². The molecular formula is C16H23NO3. The fraction of sp³-hybridized carbons (Fsp3) is 0.562. The first-order valence-electron chi connectivity index (χ1n) is 7.20. The lowest BCUT2D eigenvalue weighted by Crippen LogP contribution is -2.39. The van der Waals surface area contributed by atoms with E-state index in [-0.39, 0.29) is 25.2 Å². The van der Waals surface area contributed by atoms with Crippen molar-refractivity contribution in [1.29, 1.82) is 0 Å². The zero-order valence-corrected chi connectivity index (χ0v) is 12.2. The molecule has 1 aliphatic carbocycles. The molecule has 110 valence electrons. The largest absolute Gasteiger partial charge is 0.484 e. The Morgan fingerprint density at radius 2 is 2.15 bits per heavy atom. The SMILES string of the molecule is Cc1ccc(OCC(=O)NC(CCO)C2CC2)cc1C. The average molecular weight is 277 g/mol. The fourth-order valence-corrected chi connectivity index (χ4v) is 2.26. The Labute approximate surface area is 120 Å². The summed E-state index contributed by atoms with van der Waals surface area (Å²) < 4.78 is 5.51. The van der Waals surface area contributed by atoms with Gasteiger partial charge in [0.15, 0.2) is 6.61 Å². The molecule has 0 aliphatic heterocycles. The van der Waals surface area contributed by atoms with Crippen molar-refractivity contribution in [3.63, 3.8) is 0 Å². The minimum atomic E-state index is -0.117. The van der Waals surface area contributed by atoms with Gasteiger partial charge in [0.05, 0.1) is 0 Å². The third-order valence-electron chi connectivity index (χ3n) is 3.83. The molecule has 4 nitrogen and oxygen atoms in total. The number of benzene rings is 1. The molecular weight excluding hydrogens is 254 g/mol. The van der Waals surface area contributed by atoms with Crippen molar-refractivity contribution in [2.24, 2.45) is 5.92 Å². The van der Waals surface area contributed by atoms with Crippen LogP contribution in [0.4, 0.5) is 0 Å². The Balaban J connectivity index is 1.80. The fourth-order valence-electron chi connectivity index (χ4n) is 2.26. The Hall–Kier alpha value is -1.55. The number of hydrogen-bond donors (Lipinski definition) is 2. The van der Waals surface area contributed by atoms with Crippen molar-refractivity contribution in [3.05, 3.63) is 29.3 Å².